The Morgan fingerprint density at radius 1 is 1.22 bits per heavy atom. The van der Waals surface area contributed by atoms with Crippen LogP contribution in [0.1, 0.15) is 19.4 Å². The van der Waals surface area contributed by atoms with Crippen LogP contribution < -0.4 is 4.72 Å². The zero-order chi connectivity index (χ0) is 13.2. The molecule has 0 radical (unpaired) electrons. The monoisotopic (exact) mass is 264 g/mol. The molecule has 0 atom stereocenters. The van der Waals surface area contributed by atoms with Gasteiger partial charge >= 0.3 is 0 Å². The summed E-state index contributed by atoms with van der Waals surface area (Å²) in [5, 5.41) is 0.583. The predicted molar refractivity (Wildman–Crippen MR) is 72.6 cm³/mol. The molecule has 0 bridgehead atoms. The Morgan fingerprint density at radius 2 is 1.94 bits per heavy atom. The van der Waals surface area contributed by atoms with E-state index in [-0.39, 0.29) is 6.54 Å². The van der Waals surface area contributed by atoms with Gasteiger partial charge in [-0.2, -0.15) is 0 Å². The molecule has 18 heavy (non-hydrogen) atoms. The van der Waals surface area contributed by atoms with Crippen LogP contribution in [-0.2, 0) is 16.6 Å². The zero-order valence-electron chi connectivity index (χ0n) is 10.4. The Labute approximate surface area is 107 Å². The van der Waals surface area contributed by atoms with Crippen LogP contribution in [0.25, 0.3) is 10.9 Å². The Balaban J connectivity index is 2.28. The van der Waals surface area contributed by atoms with E-state index in [9.17, 15) is 8.42 Å². The predicted octanol–water partition coefficient (Wildman–Crippen LogP) is 2.06. The minimum atomic E-state index is -3.24. The molecule has 0 aliphatic rings. The summed E-state index contributed by atoms with van der Waals surface area (Å²) in [4.78, 5) is 4.29. The van der Waals surface area contributed by atoms with Crippen molar-refractivity contribution in [3.05, 3.63) is 42.1 Å². The van der Waals surface area contributed by atoms with Crippen molar-refractivity contribution in [2.45, 2.75) is 25.6 Å². The molecule has 96 valence electrons. The Bertz CT molecular complexity index is 646. The number of pyridine rings is 1. The van der Waals surface area contributed by atoms with Gasteiger partial charge in [-0.15, -0.1) is 0 Å². The van der Waals surface area contributed by atoms with E-state index in [1.165, 1.54) is 0 Å². The normalized spacial score (nSPS) is 12.2. The fourth-order valence-corrected chi connectivity index (χ4v) is 2.35. The standard InChI is InChI=1S/C13H16N2O2S/c1-10(2)18(16,17)15-9-12-6-3-5-11-7-4-8-14-13(11)12/h3-8,10,15H,9H2,1-2H3. The first-order valence-electron chi connectivity index (χ1n) is 5.82. The minimum absolute atomic E-state index is 0.273. The summed E-state index contributed by atoms with van der Waals surface area (Å²) in [6.07, 6.45) is 1.71. The van der Waals surface area contributed by atoms with Crippen LogP contribution in [0.3, 0.4) is 0 Å². The van der Waals surface area contributed by atoms with E-state index in [2.05, 4.69) is 9.71 Å². The van der Waals surface area contributed by atoms with Crippen molar-refractivity contribution in [3.63, 3.8) is 0 Å². The summed E-state index contributed by atoms with van der Waals surface area (Å²) < 4.78 is 26.0. The molecular formula is C13H16N2O2S. The molecule has 0 unspecified atom stereocenters. The van der Waals surface area contributed by atoms with Gasteiger partial charge in [-0.1, -0.05) is 24.3 Å². The lowest BCUT2D eigenvalue weighted by atomic mass is 10.1. The van der Waals surface area contributed by atoms with Crippen molar-refractivity contribution in [1.82, 2.24) is 9.71 Å². The second kappa shape index (κ2) is 5.04. The number of sulfonamides is 1. The average molecular weight is 264 g/mol. The van der Waals surface area contributed by atoms with Gasteiger partial charge in [-0.3, -0.25) is 4.98 Å². The van der Waals surface area contributed by atoms with E-state index in [0.29, 0.717) is 0 Å². The van der Waals surface area contributed by atoms with E-state index in [1.807, 2.05) is 30.3 Å². The summed E-state index contributed by atoms with van der Waals surface area (Å²) in [6, 6.07) is 9.58. The molecule has 0 saturated heterocycles. The highest BCUT2D eigenvalue weighted by molar-refractivity contribution is 7.90. The number of aromatic nitrogens is 1. The molecule has 5 heteroatoms. The minimum Gasteiger partial charge on any atom is -0.256 e. The van der Waals surface area contributed by atoms with E-state index in [1.54, 1.807) is 20.0 Å². The van der Waals surface area contributed by atoms with Gasteiger partial charge in [0.15, 0.2) is 0 Å². The van der Waals surface area contributed by atoms with Crippen molar-refractivity contribution in [3.8, 4) is 0 Å². The number of para-hydroxylation sites is 1. The van der Waals surface area contributed by atoms with Crippen molar-refractivity contribution in [2.24, 2.45) is 0 Å². The highest BCUT2D eigenvalue weighted by Crippen LogP contribution is 2.16. The van der Waals surface area contributed by atoms with E-state index >= 15 is 0 Å². The third kappa shape index (κ3) is 2.68. The van der Waals surface area contributed by atoms with Gasteiger partial charge in [0.1, 0.15) is 0 Å². The summed E-state index contributed by atoms with van der Waals surface area (Å²) in [6.45, 7) is 3.59. The molecule has 2 aromatic rings. The first kappa shape index (κ1) is 13.0. The fourth-order valence-electron chi connectivity index (χ4n) is 1.66. The van der Waals surface area contributed by atoms with Gasteiger partial charge in [-0.25, -0.2) is 13.1 Å². The smallest absolute Gasteiger partial charge is 0.214 e. The number of rotatable bonds is 4. The maximum Gasteiger partial charge on any atom is 0.214 e. The lowest BCUT2D eigenvalue weighted by molar-refractivity contribution is 0.572. The largest absolute Gasteiger partial charge is 0.256 e. The average Bonchev–Trinajstić information content (AvgIpc) is 2.36. The van der Waals surface area contributed by atoms with Crippen molar-refractivity contribution in [2.75, 3.05) is 0 Å². The Hall–Kier alpha value is -1.46. The summed E-state index contributed by atoms with van der Waals surface area (Å²) in [5.41, 5.74) is 1.73. The molecule has 4 nitrogen and oxygen atoms in total. The van der Waals surface area contributed by atoms with Crippen LogP contribution in [0.15, 0.2) is 36.5 Å². The molecule has 0 saturated carbocycles. The molecule has 0 spiro atoms. The maximum atomic E-state index is 11.7. The van der Waals surface area contributed by atoms with Gasteiger partial charge in [0.05, 0.1) is 10.8 Å². The number of hydrogen-bond acceptors (Lipinski definition) is 3. The maximum absolute atomic E-state index is 11.7. The molecule has 0 aliphatic heterocycles. The number of hydrogen-bond donors (Lipinski definition) is 1. The molecule has 1 heterocycles. The zero-order valence-corrected chi connectivity index (χ0v) is 11.2. The quantitative estimate of drug-likeness (QED) is 0.919. The second-order valence-electron chi connectivity index (χ2n) is 4.41. The molecule has 1 N–H and O–H groups in total. The van der Waals surface area contributed by atoms with Crippen molar-refractivity contribution >= 4 is 20.9 Å². The van der Waals surface area contributed by atoms with E-state index in [0.717, 1.165) is 16.5 Å². The van der Waals surface area contributed by atoms with Crippen LogP contribution in [0, 0.1) is 0 Å². The molecule has 1 aromatic carbocycles. The second-order valence-corrected chi connectivity index (χ2v) is 6.73. The Morgan fingerprint density at radius 3 is 2.67 bits per heavy atom. The number of benzene rings is 1. The summed E-state index contributed by atoms with van der Waals surface area (Å²) >= 11 is 0. The van der Waals surface area contributed by atoms with Gasteiger partial charge in [0.2, 0.25) is 10.0 Å². The van der Waals surface area contributed by atoms with Crippen LogP contribution in [0.4, 0.5) is 0 Å². The summed E-state index contributed by atoms with van der Waals surface area (Å²) in [5.74, 6) is 0. The van der Waals surface area contributed by atoms with Crippen molar-refractivity contribution in [1.29, 1.82) is 0 Å². The van der Waals surface area contributed by atoms with Gasteiger partial charge < -0.3 is 0 Å². The first-order valence-corrected chi connectivity index (χ1v) is 7.36. The van der Waals surface area contributed by atoms with E-state index in [4.69, 9.17) is 0 Å². The van der Waals surface area contributed by atoms with Crippen molar-refractivity contribution < 1.29 is 8.42 Å². The lowest BCUT2D eigenvalue weighted by Gasteiger charge is -2.10. The number of fused-ring (bicyclic) bond motifs is 1. The molecule has 1 aromatic heterocycles. The van der Waals surface area contributed by atoms with Gasteiger partial charge in [0.25, 0.3) is 0 Å². The lowest BCUT2D eigenvalue weighted by Crippen LogP contribution is -2.30. The van der Waals surface area contributed by atoms with Gasteiger partial charge in [-0.05, 0) is 25.5 Å². The summed E-state index contributed by atoms with van der Waals surface area (Å²) in [7, 11) is -3.24. The van der Waals surface area contributed by atoms with Gasteiger partial charge in [0, 0.05) is 18.1 Å². The van der Waals surface area contributed by atoms with Crippen LogP contribution in [0.5, 0.6) is 0 Å². The molecule has 0 aliphatic carbocycles. The first-order chi connectivity index (χ1) is 8.50. The highest BCUT2D eigenvalue weighted by Gasteiger charge is 2.15. The highest BCUT2D eigenvalue weighted by atomic mass is 32.2. The van der Waals surface area contributed by atoms with Crippen LogP contribution in [-0.4, -0.2) is 18.7 Å². The molecule has 0 amide bonds. The topological polar surface area (TPSA) is 59.1 Å². The number of nitrogens with one attached hydrogen (secondary N) is 1. The molecule has 0 fully saturated rings. The van der Waals surface area contributed by atoms with Crippen LogP contribution >= 0.6 is 0 Å². The number of nitrogens with zero attached hydrogens (tertiary/aromatic N) is 1. The molecular weight excluding hydrogens is 248 g/mol. The van der Waals surface area contributed by atoms with E-state index < -0.39 is 15.3 Å². The van der Waals surface area contributed by atoms with Crippen LogP contribution in [0.2, 0.25) is 0 Å². The third-order valence-corrected chi connectivity index (χ3v) is 4.59. The Kier molecular flexibility index (Phi) is 3.63. The third-order valence-electron chi connectivity index (χ3n) is 2.80. The fraction of sp³-hybridized carbons (Fsp3) is 0.308. The molecule has 2 rings (SSSR count). The SMILES string of the molecule is CC(C)S(=O)(=O)NCc1cccc2cccnc12.